The smallest absolute Gasteiger partial charge is 0.408 e. The van der Waals surface area contributed by atoms with Gasteiger partial charge in [0.1, 0.15) is 24.0 Å². The molecule has 0 aliphatic carbocycles. The minimum atomic E-state index is -0.895. The van der Waals surface area contributed by atoms with Gasteiger partial charge in [-0.25, -0.2) is 4.79 Å². The van der Waals surface area contributed by atoms with E-state index in [-0.39, 0.29) is 18.9 Å². The Morgan fingerprint density at radius 2 is 1.83 bits per heavy atom. The zero-order valence-electron chi connectivity index (χ0n) is 24.5. The fourth-order valence-corrected chi connectivity index (χ4v) is 5.35. The third-order valence-corrected chi connectivity index (χ3v) is 7.35. The van der Waals surface area contributed by atoms with Gasteiger partial charge in [0, 0.05) is 41.0 Å². The van der Waals surface area contributed by atoms with Crippen LogP contribution in [-0.2, 0) is 27.8 Å². The van der Waals surface area contributed by atoms with Crippen LogP contribution in [0, 0.1) is 12.3 Å². The number of hydrogen-bond donors (Lipinski definition) is 1. The lowest BCUT2D eigenvalue weighted by Gasteiger charge is -2.27. The van der Waals surface area contributed by atoms with Crippen molar-refractivity contribution in [1.82, 2.24) is 10.3 Å². The highest BCUT2D eigenvalue weighted by Gasteiger charge is 2.42. The van der Waals surface area contributed by atoms with Crippen LogP contribution in [0.3, 0.4) is 0 Å². The molecule has 0 unspecified atom stereocenters. The molecule has 1 aliphatic heterocycles. The van der Waals surface area contributed by atoms with E-state index in [4.69, 9.17) is 44.1 Å². The number of nitrogens with zero attached hydrogens (tertiary/aromatic N) is 2. The Bertz CT molecular complexity index is 1510. The maximum absolute atomic E-state index is 14.2. The summed E-state index contributed by atoms with van der Waals surface area (Å²) in [5, 5.41) is 3.94. The summed E-state index contributed by atoms with van der Waals surface area (Å²) < 4.78 is 11.0. The third-order valence-electron chi connectivity index (χ3n) is 6.76. The number of terminal acetylenes is 1. The van der Waals surface area contributed by atoms with Gasteiger partial charge >= 0.3 is 6.09 Å². The van der Waals surface area contributed by atoms with Gasteiger partial charge in [0.2, 0.25) is 5.91 Å². The quantitative estimate of drug-likeness (QED) is 0.286. The largest absolute Gasteiger partial charge is 0.481 e. The number of alkyl carbamates (subject to hydrolysis) is 1. The highest BCUT2D eigenvalue weighted by Crippen LogP contribution is 2.40. The standard InChI is InChI=1S/C33H35Cl2N3O4/c1-7-14-41-25-12-8-21(9-13-25)16-27(37-31(40)42-32(2,3)4)30(39)38-20-33(5,6)29-28(38)17-22(19-36-29)15-23-10-11-24(34)18-26(23)35/h1,8-13,17-19,27H,14-16,20H2,2-6H3,(H,37,40)/t27-/m0/s1. The zero-order valence-corrected chi connectivity index (χ0v) is 26.0. The Morgan fingerprint density at radius 1 is 1.12 bits per heavy atom. The van der Waals surface area contributed by atoms with Crippen LogP contribution >= 0.6 is 23.2 Å². The molecule has 1 aliphatic rings. The number of anilines is 1. The molecule has 1 aromatic heterocycles. The molecule has 2 amide bonds. The van der Waals surface area contributed by atoms with Gasteiger partial charge in [0.25, 0.3) is 0 Å². The molecule has 2 aromatic carbocycles. The first-order chi connectivity index (χ1) is 19.8. The molecule has 7 nitrogen and oxygen atoms in total. The van der Waals surface area contributed by atoms with Crippen LogP contribution in [0.4, 0.5) is 10.5 Å². The molecule has 220 valence electrons. The van der Waals surface area contributed by atoms with Crippen LogP contribution in [0.15, 0.2) is 54.7 Å². The number of aromatic nitrogens is 1. The van der Waals surface area contributed by atoms with E-state index in [1.54, 1.807) is 49.9 Å². The van der Waals surface area contributed by atoms with Crippen molar-refractivity contribution < 1.29 is 19.1 Å². The molecule has 0 fully saturated rings. The summed E-state index contributed by atoms with van der Waals surface area (Å²) in [5.74, 6) is 2.79. The van der Waals surface area contributed by atoms with E-state index in [9.17, 15) is 9.59 Å². The number of ether oxygens (including phenoxy) is 2. The van der Waals surface area contributed by atoms with Crippen LogP contribution in [0.2, 0.25) is 10.0 Å². The van der Waals surface area contributed by atoms with Gasteiger partial charge in [0.15, 0.2) is 0 Å². The highest BCUT2D eigenvalue weighted by molar-refractivity contribution is 6.35. The van der Waals surface area contributed by atoms with Crippen molar-refractivity contribution >= 4 is 40.9 Å². The molecule has 0 saturated carbocycles. The second kappa shape index (κ2) is 12.6. The van der Waals surface area contributed by atoms with Crippen molar-refractivity contribution in [3.8, 4) is 18.1 Å². The molecule has 2 heterocycles. The van der Waals surface area contributed by atoms with Gasteiger partial charge < -0.3 is 19.7 Å². The van der Waals surface area contributed by atoms with E-state index < -0.39 is 23.2 Å². The lowest BCUT2D eigenvalue weighted by molar-refractivity contribution is -0.120. The molecule has 42 heavy (non-hydrogen) atoms. The summed E-state index contributed by atoms with van der Waals surface area (Å²) in [6.45, 7) is 9.99. The monoisotopic (exact) mass is 607 g/mol. The Labute approximate surface area is 257 Å². The maximum atomic E-state index is 14.2. The van der Waals surface area contributed by atoms with Gasteiger partial charge in [-0.3, -0.25) is 9.78 Å². The van der Waals surface area contributed by atoms with Gasteiger partial charge in [-0.05, 0) is 67.8 Å². The van der Waals surface area contributed by atoms with E-state index in [2.05, 4.69) is 11.2 Å². The molecular formula is C33H35Cl2N3O4. The number of hydrogen-bond acceptors (Lipinski definition) is 5. The molecule has 0 radical (unpaired) electrons. The molecule has 0 spiro atoms. The number of carbonyl (C=O) groups excluding carboxylic acids is 2. The second-order valence-corrected chi connectivity index (χ2v) is 12.8. The fourth-order valence-electron chi connectivity index (χ4n) is 4.88. The third kappa shape index (κ3) is 7.76. The Kier molecular flexibility index (Phi) is 9.40. The lowest BCUT2D eigenvalue weighted by atomic mass is 9.91. The van der Waals surface area contributed by atoms with Crippen LogP contribution in [0.5, 0.6) is 5.75 Å². The summed E-state index contributed by atoms with van der Waals surface area (Å²) in [5.41, 5.74) is 3.03. The molecule has 1 N–H and O–H groups in total. The van der Waals surface area contributed by atoms with Crippen LogP contribution in [0.25, 0.3) is 0 Å². The second-order valence-electron chi connectivity index (χ2n) is 12.0. The van der Waals surface area contributed by atoms with Gasteiger partial charge in [-0.1, -0.05) is 61.2 Å². The first-order valence-corrected chi connectivity index (χ1v) is 14.4. The number of carbonyl (C=O) groups is 2. The van der Waals surface area contributed by atoms with Crippen molar-refractivity contribution in [2.45, 2.75) is 64.5 Å². The van der Waals surface area contributed by atoms with Crippen LogP contribution in [0.1, 0.15) is 57.0 Å². The summed E-state index contributed by atoms with van der Waals surface area (Å²) >= 11 is 12.5. The van der Waals surface area contributed by atoms with Crippen LogP contribution < -0.4 is 15.0 Å². The number of fused-ring (bicyclic) bond motifs is 1. The lowest BCUT2D eigenvalue weighted by Crippen LogP contribution is -2.51. The van der Waals surface area contributed by atoms with Crippen molar-refractivity contribution in [3.05, 3.63) is 87.2 Å². The summed E-state index contributed by atoms with van der Waals surface area (Å²) in [6, 6.07) is 13.7. The number of pyridine rings is 1. The van der Waals surface area contributed by atoms with Gasteiger partial charge in [-0.15, -0.1) is 6.42 Å². The first-order valence-electron chi connectivity index (χ1n) is 13.6. The number of nitrogens with one attached hydrogen (secondary N) is 1. The summed E-state index contributed by atoms with van der Waals surface area (Å²) in [6.07, 6.45) is 7.20. The molecule has 1 atom stereocenters. The predicted molar refractivity (Wildman–Crippen MR) is 167 cm³/mol. The van der Waals surface area contributed by atoms with Crippen molar-refractivity contribution in [3.63, 3.8) is 0 Å². The predicted octanol–water partition coefficient (Wildman–Crippen LogP) is 6.75. The average molecular weight is 609 g/mol. The molecule has 4 rings (SSSR count). The molecule has 3 aromatic rings. The molecule has 9 heteroatoms. The minimum Gasteiger partial charge on any atom is -0.481 e. The Hall–Kier alpha value is -3.73. The highest BCUT2D eigenvalue weighted by atomic mass is 35.5. The first kappa shape index (κ1) is 31.2. The van der Waals surface area contributed by atoms with E-state index in [1.807, 2.05) is 44.3 Å². The van der Waals surface area contributed by atoms with Gasteiger partial charge in [0.05, 0.1) is 11.4 Å². The van der Waals surface area contributed by atoms with Gasteiger partial charge in [-0.2, -0.15) is 0 Å². The molecule has 0 saturated heterocycles. The van der Waals surface area contributed by atoms with Crippen molar-refractivity contribution in [2.24, 2.45) is 0 Å². The Morgan fingerprint density at radius 3 is 2.48 bits per heavy atom. The number of rotatable bonds is 8. The van der Waals surface area contributed by atoms with Crippen molar-refractivity contribution in [2.75, 3.05) is 18.1 Å². The Balaban J connectivity index is 1.64. The fraction of sp³-hybridized carbons (Fsp3) is 0.364. The summed E-state index contributed by atoms with van der Waals surface area (Å²) in [7, 11) is 0. The van der Waals surface area contributed by atoms with Crippen LogP contribution in [-0.4, -0.2) is 41.8 Å². The molecule has 0 bridgehead atoms. The van der Waals surface area contributed by atoms with E-state index >= 15 is 0 Å². The SMILES string of the molecule is C#CCOc1ccc(C[C@H](NC(=O)OC(C)(C)C)C(=O)N2CC(C)(C)c3ncc(Cc4ccc(Cl)cc4Cl)cc32)cc1. The van der Waals surface area contributed by atoms with E-state index in [1.165, 1.54) is 0 Å². The number of amides is 2. The maximum Gasteiger partial charge on any atom is 0.408 e. The van der Waals surface area contributed by atoms with Crippen molar-refractivity contribution in [1.29, 1.82) is 0 Å². The topological polar surface area (TPSA) is 80.8 Å². The average Bonchev–Trinajstić information content (AvgIpc) is 3.18. The summed E-state index contributed by atoms with van der Waals surface area (Å²) in [4.78, 5) is 33.6. The molecular weight excluding hydrogens is 573 g/mol. The normalized spacial score (nSPS) is 14.5. The minimum absolute atomic E-state index is 0.158. The number of halogens is 2. The zero-order chi connectivity index (χ0) is 30.7. The number of benzene rings is 2. The van der Waals surface area contributed by atoms with E-state index in [0.29, 0.717) is 34.4 Å². The van der Waals surface area contributed by atoms with E-state index in [0.717, 1.165) is 22.4 Å².